The minimum absolute atomic E-state index is 0.0131. The van der Waals surface area contributed by atoms with Crippen LogP contribution in [-0.2, 0) is 12.8 Å². The van der Waals surface area contributed by atoms with E-state index in [0.717, 1.165) is 31.2 Å². The van der Waals surface area contributed by atoms with Gasteiger partial charge >= 0.3 is 0 Å². The van der Waals surface area contributed by atoms with Crippen LogP contribution in [0.3, 0.4) is 0 Å². The van der Waals surface area contributed by atoms with Crippen LogP contribution in [0.15, 0.2) is 22.8 Å². The normalized spacial score (nSPS) is 13.8. The molecule has 6 heteroatoms. The van der Waals surface area contributed by atoms with E-state index in [1.807, 2.05) is 18.7 Å². The molecule has 2 aromatic rings. The quantitative estimate of drug-likeness (QED) is 0.807. The highest BCUT2D eigenvalue weighted by Gasteiger charge is 2.28. The Balaban J connectivity index is 1.98. The molecule has 0 radical (unpaired) electrons. The number of nitrogens with zero attached hydrogens (tertiary/aromatic N) is 1. The summed E-state index contributed by atoms with van der Waals surface area (Å²) in [5.41, 5.74) is 1.82. The predicted molar refractivity (Wildman–Crippen MR) is 99.5 cm³/mol. The van der Waals surface area contributed by atoms with Crippen LogP contribution in [-0.4, -0.2) is 29.8 Å². The van der Waals surface area contributed by atoms with Crippen molar-refractivity contribution in [2.24, 2.45) is 0 Å². The van der Waals surface area contributed by atoms with E-state index < -0.39 is 0 Å². The van der Waals surface area contributed by atoms with Gasteiger partial charge in [-0.3, -0.25) is 9.59 Å². The SMILES string of the molecule is CCN(CC)C(=O)c1c(NC(=O)c2ccco2)sc2c1CCCCC2. The Morgan fingerprint density at radius 3 is 2.64 bits per heavy atom. The van der Waals surface area contributed by atoms with Crippen LogP contribution < -0.4 is 5.32 Å². The van der Waals surface area contributed by atoms with Crippen molar-refractivity contribution in [3.05, 3.63) is 40.2 Å². The van der Waals surface area contributed by atoms with Crippen LogP contribution >= 0.6 is 11.3 Å². The van der Waals surface area contributed by atoms with E-state index in [-0.39, 0.29) is 17.6 Å². The molecule has 3 rings (SSSR count). The first-order chi connectivity index (χ1) is 12.2. The molecule has 0 unspecified atom stereocenters. The number of hydrogen-bond donors (Lipinski definition) is 1. The first-order valence-electron chi connectivity index (χ1n) is 8.94. The smallest absolute Gasteiger partial charge is 0.291 e. The molecule has 0 bridgehead atoms. The molecule has 0 spiro atoms. The van der Waals surface area contributed by atoms with Gasteiger partial charge in [-0.15, -0.1) is 11.3 Å². The third-order valence-corrected chi connectivity index (χ3v) is 5.87. The van der Waals surface area contributed by atoms with Gasteiger partial charge in [-0.2, -0.15) is 0 Å². The Kier molecular flexibility index (Phi) is 5.58. The van der Waals surface area contributed by atoms with Crippen LogP contribution in [0.25, 0.3) is 0 Å². The number of thiophene rings is 1. The van der Waals surface area contributed by atoms with Gasteiger partial charge in [0.15, 0.2) is 5.76 Å². The van der Waals surface area contributed by atoms with Crippen LogP contribution in [0.4, 0.5) is 5.00 Å². The molecule has 0 aliphatic heterocycles. The number of carbonyl (C=O) groups is 2. The predicted octanol–water partition coefficient (Wildman–Crippen LogP) is 4.34. The van der Waals surface area contributed by atoms with Crippen molar-refractivity contribution in [3.63, 3.8) is 0 Å². The molecular formula is C19H24N2O3S. The molecule has 0 saturated heterocycles. The first-order valence-corrected chi connectivity index (χ1v) is 9.76. The summed E-state index contributed by atoms with van der Waals surface area (Å²) in [6.07, 6.45) is 6.78. The number of amides is 2. The highest BCUT2D eigenvalue weighted by Crippen LogP contribution is 2.38. The summed E-state index contributed by atoms with van der Waals surface area (Å²) in [5.74, 6) is -0.0426. The van der Waals surface area contributed by atoms with Crippen LogP contribution in [0.5, 0.6) is 0 Å². The Bertz CT molecular complexity index is 745. The average Bonchev–Trinajstić information content (AvgIpc) is 3.19. The molecule has 2 amide bonds. The lowest BCUT2D eigenvalue weighted by Crippen LogP contribution is -2.31. The largest absolute Gasteiger partial charge is 0.459 e. The van der Waals surface area contributed by atoms with E-state index in [1.165, 1.54) is 17.6 Å². The fraction of sp³-hybridized carbons (Fsp3) is 0.474. The minimum Gasteiger partial charge on any atom is -0.459 e. The van der Waals surface area contributed by atoms with Gasteiger partial charge in [-0.05, 0) is 57.2 Å². The maximum Gasteiger partial charge on any atom is 0.291 e. The maximum atomic E-state index is 13.1. The Hall–Kier alpha value is -2.08. The summed E-state index contributed by atoms with van der Waals surface area (Å²) in [4.78, 5) is 28.6. The topological polar surface area (TPSA) is 62.6 Å². The van der Waals surface area contributed by atoms with Gasteiger partial charge in [0.25, 0.3) is 11.8 Å². The zero-order valence-corrected chi connectivity index (χ0v) is 15.6. The Morgan fingerprint density at radius 1 is 1.20 bits per heavy atom. The number of aryl methyl sites for hydroxylation is 1. The van der Waals surface area contributed by atoms with Crippen molar-refractivity contribution in [2.45, 2.75) is 46.0 Å². The van der Waals surface area contributed by atoms with Gasteiger partial charge in [-0.1, -0.05) is 6.42 Å². The minimum atomic E-state index is -0.310. The molecule has 25 heavy (non-hydrogen) atoms. The van der Waals surface area contributed by atoms with E-state index in [9.17, 15) is 9.59 Å². The van der Waals surface area contributed by atoms with E-state index in [2.05, 4.69) is 5.32 Å². The summed E-state index contributed by atoms with van der Waals surface area (Å²) < 4.78 is 5.18. The van der Waals surface area contributed by atoms with Gasteiger partial charge in [0.2, 0.25) is 0 Å². The van der Waals surface area contributed by atoms with Gasteiger partial charge in [0, 0.05) is 18.0 Å². The highest BCUT2D eigenvalue weighted by molar-refractivity contribution is 7.17. The molecule has 1 aliphatic carbocycles. The van der Waals surface area contributed by atoms with Crippen molar-refractivity contribution in [2.75, 3.05) is 18.4 Å². The number of hydrogen-bond acceptors (Lipinski definition) is 4. The standard InChI is InChI=1S/C19H24N2O3S/c1-3-21(4-2)19(23)16-13-9-6-5-7-11-15(13)25-18(16)20-17(22)14-10-8-12-24-14/h8,10,12H,3-7,9,11H2,1-2H3,(H,20,22). The zero-order valence-electron chi connectivity index (χ0n) is 14.8. The molecule has 1 N–H and O–H groups in total. The molecule has 0 saturated carbocycles. The van der Waals surface area contributed by atoms with Gasteiger partial charge in [0.1, 0.15) is 5.00 Å². The molecule has 134 valence electrons. The summed E-state index contributed by atoms with van der Waals surface area (Å²) in [6.45, 7) is 5.28. The van der Waals surface area contributed by atoms with Gasteiger partial charge < -0.3 is 14.6 Å². The number of nitrogens with one attached hydrogen (secondary N) is 1. The van der Waals surface area contributed by atoms with Crippen molar-refractivity contribution in [1.29, 1.82) is 0 Å². The lowest BCUT2D eigenvalue weighted by atomic mass is 10.0. The highest BCUT2D eigenvalue weighted by atomic mass is 32.1. The zero-order chi connectivity index (χ0) is 17.8. The van der Waals surface area contributed by atoms with E-state index in [4.69, 9.17) is 4.42 Å². The third-order valence-electron chi connectivity index (χ3n) is 4.66. The van der Waals surface area contributed by atoms with Gasteiger partial charge in [-0.25, -0.2) is 0 Å². The van der Waals surface area contributed by atoms with Crippen LogP contribution in [0.1, 0.15) is 64.5 Å². The number of fused-ring (bicyclic) bond motifs is 1. The molecule has 0 atom stereocenters. The van der Waals surface area contributed by atoms with E-state index in [1.54, 1.807) is 23.5 Å². The fourth-order valence-corrected chi connectivity index (χ4v) is 4.57. The number of furan rings is 1. The summed E-state index contributed by atoms with van der Waals surface area (Å²) in [6, 6.07) is 3.31. The molecule has 5 nitrogen and oxygen atoms in total. The Labute approximate surface area is 152 Å². The molecule has 0 aromatic carbocycles. The summed E-state index contributed by atoms with van der Waals surface area (Å²) in [5, 5.41) is 3.57. The fourth-order valence-electron chi connectivity index (χ4n) is 3.30. The summed E-state index contributed by atoms with van der Waals surface area (Å²) >= 11 is 1.55. The van der Waals surface area contributed by atoms with E-state index in [0.29, 0.717) is 23.7 Å². The number of carbonyl (C=O) groups excluding carboxylic acids is 2. The molecule has 2 heterocycles. The average molecular weight is 360 g/mol. The van der Waals surface area contributed by atoms with Crippen molar-refractivity contribution >= 4 is 28.2 Å². The maximum absolute atomic E-state index is 13.1. The summed E-state index contributed by atoms with van der Waals surface area (Å²) in [7, 11) is 0. The molecule has 1 aliphatic rings. The second-order valence-corrected chi connectivity index (χ2v) is 7.28. The van der Waals surface area contributed by atoms with Crippen molar-refractivity contribution in [1.82, 2.24) is 4.90 Å². The molecular weight excluding hydrogens is 336 g/mol. The molecule has 2 aromatic heterocycles. The number of anilines is 1. The lowest BCUT2D eigenvalue weighted by Gasteiger charge is -2.20. The lowest BCUT2D eigenvalue weighted by molar-refractivity contribution is 0.0773. The number of rotatable bonds is 5. The third kappa shape index (κ3) is 3.63. The molecule has 0 fully saturated rings. The first kappa shape index (κ1) is 17.7. The Morgan fingerprint density at radius 2 is 1.96 bits per heavy atom. The monoisotopic (exact) mass is 360 g/mol. The van der Waals surface area contributed by atoms with Gasteiger partial charge in [0.05, 0.1) is 11.8 Å². The van der Waals surface area contributed by atoms with Crippen LogP contribution in [0.2, 0.25) is 0 Å². The van der Waals surface area contributed by atoms with Crippen molar-refractivity contribution in [3.8, 4) is 0 Å². The van der Waals surface area contributed by atoms with Crippen LogP contribution in [0, 0.1) is 0 Å². The van der Waals surface area contributed by atoms with Crippen molar-refractivity contribution < 1.29 is 14.0 Å². The second kappa shape index (κ2) is 7.87. The van der Waals surface area contributed by atoms with E-state index >= 15 is 0 Å². The second-order valence-electron chi connectivity index (χ2n) is 6.18.